The Hall–Kier alpha value is -1.14. The molecule has 0 spiro atoms. The molecule has 1 unspecified atom stereocenters. The van der Waals surface area contributed by atoms with Gasteiger partial charge in [-0.25, -0.2) is 5.48 Å². The molecule has 1 N–H and O–H groups in total. The Balaban J connectivity index is 1.76. The van der Waals surface area contributed by atoms with Gasteiger partial charge in [0.2, 0.25) is 11.8 Å². The smallest absolute Gasteiger partial charge is 0.248 e. The van der Waals surface area contributed by atoms with Crippen molar-refractivity contribution in [2.75, 3.05) is 26.9 Å². The van der Waals surface area contributed by atoms with E-state index in [4.69, 9.17) is 9.57 Å². The monoisotopic (exact) mass is 270 g/mol. The van der Waals surface area contributed by atoms with Crippen LogP contribution >= 0.6 is 0 Å². The topological polar surface area (TPSA) is 67.9 Å². The Kier molecular flexibility index (Phi) is 5.15. The first-order valence-electron chi connectivity index (χ1n) is 6.92. The summed E-state index contributed by atoms with van der Waals surface area (Å²) in [6.45, 7) is 1.27. The summed E-state index contributed by atoms with van der Waals surface area (Å²) in [6.07, 6.45) is 4.82. The highest BCUT2D eigenvalue weighted by Gasteiger charge is 2.38. The van der Waals surface area contributed by atoms with E-state index in [1.54, 1.807) is 7.11 Å². The molecule has 1 heterocycles. The molecule has 0 aromatic rings. The summed E-state index contributed by atoms with van der Waals surface area (Å²) in [7, 11) is 1.57. The molecule has 1 saturated carbocycles. The molecule has 1 aliphatic carbocycles. The normalized spacial score (nSPS) is 24.2. The van der Waals surface area contributed by atoms with Crippen molar-refractivity contribution in [1.29, 1.82) is 0 Å². The maximum Gasteiger partial charge on any atom is 0.248 e. The van der Waals surface area contributed by atoms with Gasteiger partial charge in [-0.05, 0) is 12.8 Å². The van der Waals surface area contributed by atoms with E-state index in [-0.39, 0.29) is 17.7 Å². The van der Waals surface area contributed by atoms with Crippen LogP contribution in [-0.2, 0) is 19.2 Å². The highest BCUT2D eigenvalue weighted by Crippen LogP contribution is 2.29. The Morgan fingerprint density at radius 1 is 1.37 bits per heavy atom. The predicted molar refractivity (Wildman–Crippen MR) is 68.0 cm³/mol. The number of hydrogen-bond acceptors (Lipinski definition) is 4. The number of carbonyl (C=O) groups is 2. The zero-order valence-electron chi connectivity index (χ0n) is 11.4. The molecule has 19 heavy (non-hydrogen) atoms. The second-order valence-corrected chi connectivity index (χ2v) is 5.19. The van der Waals surface area contributed by atoms with Gasteiger partial charge in [0.15, 0.2) is 0 Å². The first kappa shape index (κ1) is 14.3. The lowest BCUT2D eigenvalue weighted by molar-refractivity contribution is -0.138. The molecule has 1 atom stereocenters. The molecule has 1 saturated heterocycles. The maximum atomic E-state index is 11.9. The Labute approximate surface area is 113 Å². The van der Waals surface area contributed by atoms with E-state index in [2.05, 4.69) is 5.48 Å². The molecule has 108 valence electrons. The van der Waals surface area contributed by atoms with E-state index in [0.717, 1.165) is 12.8 Å². The van der Waals surface area contributed by atoms with Crippen LogP contribution in [0.1, 0.15) is 32.1 Å². The number of rotatable bonds is 6. The standard InChI is InChI=1S/C13H22N2O4/c1-18-6-7-19-14-13(17)10-8-12(16)15(9-10)11-4-2-3-5-11/h10-11H,2-9H2,1H3,(H,14,17). The molecule has 2 fully saturated rings. The first-order valence-corrected chi connectivity index (χ1v) is 6.92. The Bertz CT molecular complexity index is 329. The van der Waals surface area contributed by atoms with Crippen LogP contribution < -0.4 is 5.48 Å². The number of amides is 2. The van der Waals surface area contributed by atoms with Crippen LogP contribution in [0.15, 0.2) is 0 Å². The van der Waals surface area contributed by atoms with Crippen LogP contribution in [0.2, 0.25) is 0 Å². The van der Waals surface area contributed by atoms with E-state index in [0.29, 0.717) is 32.2 Å². The molecule has 0 bridgehead atoms. The molecular formula is C13H22N2O4. The largest absolute Gasteiger partial charge is 0.382 e. The highest BCUT2D eigenvalue weighted by atomic mass is 16.7. The molecule has 0 aromatic heterocycles. The van der Waals surface area contributed by atoms with Crippen LogP contribution in [0.25, 0.3) is 0 Å². The average Bonchev–Trinajstić information content (AvgIpc) is 3.03. The third-order valence-corrected chi connectivity index (χ3v) is 3.86. The highest BCUT2D eigenvalue weighted by molar-refractivity contribution is 5.89. The minimum atomic E-state index is -0.282. The van der Waals surface area contributed by atoms with Gasteiger partial charge < -0.3 is 9.64 Å². The number of hydroxylamine groups is 1. The number of nitrogens with one attached hydrogen (secondary N) is 1. The minimum Gasteiger partial charge on any atom is -0.382 e. The van der Waals surface area contributed by atoms with Crippen molar-refractivity contribution in [2.45, 2.75) is 38.1 Å². The van der Waals surface area contributed by atoms with Crippen LogP contribution in [0, 0.1) is 5.92 Å². The van der Waals surface area contributed by atoms with E-state index in [9.17, 15) is 9.59 Å². The summed E-state index contributed by atoms with van der Waals surface area (Å²) in [5, 5.41) is 0. The molecule has 6 nitrogen and oxygen atoms in total. The summed E-state index contributed by atoms with van der Waals surface area (Å²) in [4.78, 5) is 30.7. The minimum absolute atomic E-state index is 0.101. The molecule has 2 rings (SSSR count). The zero-order chi connectivity index (χ0) is 13.7. The summed E-state index contributed by atoms with van der Waals surface area (Å²) >= 11 is 0. The number of likely N-dealkylation sites (tertiary alicyclic amines) is 1. The van der Waals surface area contributed by atoms with Gasteiger partial charge in [0, 0.05) is 26.1 Å². The second-order valence-electron chi connectivity index (χ2n) is 5.19. The zero-order valence-corrected chi connectivity index (χ0v) is 11.4. The van der Waals surface area contributed by atoms with Gasteiger partial charge in [0.1, 0.15) is 0 Å². The van der Waals surface area contributed by atoms with E-state index in [1.165, 1.54) is 12.8 Å². The number of carbonyl (C=O) groups excluding carboxylic acids is 2. The van der Waals surface area contributed by atoms with E-state index in [1.807, 2.05) is 4.90 Å². The van der Waals surface area contributed by atoms with Gasteiger partial charge in [-0.15, -0.1) is 0 Å². The SMILES string of the molecule is COCCONC(=O)C1CC(=O)N(C2CCCC2)C1. The molecular weight excluding hydrogens is 248 g/mol. The summed E-state index contributed by atoms with van der Waals surface area (Å²) in [5.41, 5.74) is 2.39. The van der Waals surface area contributed by atoms with Crippen LogP contribution in [0.5, 0.6) is 0 Å². The third-order valence-electron chi connectivity index (χ3n) is 3.86. The number of ether oxygens (including phenoxy) is 1. The van der Waals surface area contributed by atoms with E-state index < -0.39 is 0 Å². The lowest BCUT2D eigenvalue weighted by atomic mass is 10.1. The van der Waals surface area contributed by atoms with Crippen molar-refractivity contribution < 1.29 is 19.2 Å². The lowest BCUT2D eigenvalue weighted by Crippen LogP contribution is -2.37. The molecule has 0 radical (unpaired) electrons. The first-order chi connectivity index (χ1) is 9.22. The average molecular weight is 270 g/mol. The fourth-order valence-corrected chi connectivity index (χ4v) is 2.81. The molecule has 1 aliphatic heterocycles. The molecule has 2 aliphatic rings. The number of hydrogen-bond donors (Lipinski definition) is 1. The van der Waals surface area contributed by atoms with E-state index >= 15 is 0 Å². The van der Waals surface area contributed by atoms with Gasteiger partial charge in [-0.3, -0.25) is 14.4 Å². The molecule has 2 amide bonds. The Morgan fingerprint density at radius 2 is 2.11 bits per heavy atom. The lowest BCUT2D eigenvalue weighted by Gasteiger charge is -2.23. The van der Waals surface area contributed by atoms with Crippen LogP contribution in [0.3, 0.4) is 0 Å². The van der Waals surface area contributed by atoms with Crippen molar-refractivity contribution in [1.82, 2.24) is 10.4 Å². The van der Waals surface area contributed by atoms with Gasteiger partial charge in [-0.2, -0.15) is 0 Å². The summed E-state index contributed by atoms with van der Waals surface area (Å²) in [5.74, 6) is -0.385. The summed E-state index contributed by atoms with van der Waals surface area (Å²) in [6, 6.07) is 0.347. The van der Waals surface area contributed by atoms with Gasteiger partial charge >= 0.3 is 0 Å². The fraction of sp³-hybridized carbons (Fsp3) is 0.846. The van der Waals surface area contributed by atoms with Crippen molar-refractivity contribution in [3.63, 3.8) is 0 Å². The number of methoxy groups -OCH3 is 1. The Morgan fingerprint density at radius 3 is 2.79 bits per heavy atom. The van der Waals surface area contributed by atoms with Crippen LogP contribution in [-0.4, -0.2) is 49.6 Å². The maximum absolute atomic E-state index is 11.9. The molecule has 6 heteroatoms. The van der Waals surface area contributed by atoms with Gasteiger partial charge in [-0.1, -0.05) is 12.8 Å². The molecule has 0 aromatic carbocycles. The summed E-state index contributed by atoms with van der Waals surface area (Å²) < 4.78 is 4.81. The second kappa shape index (κ2) is 6.86. The van der Waals surface area contributed by atoms with Crippen molar-refractivity contribution in [3.05, 3.63) is 0 Å². The van der Waals surface area contributed by atoms with Crippen molar-refractivity contribution >= 4 is 11.8 Å². The quantitative estimate of drug-likeness (QED) is 0.563. The third kappa shape index (κ3) is 3.67. The number of nitrogens with zero attached hydrogens (tertiary/aromatic N) is 1. The van der Waals surface area contributed by atoms with Crippen molar-refractivity contribution in [3.8, 4) is 0 Å². The fourth-order valence-electron chi connectivity index (χ4n) is 2.81. The van der Waals surface area contributed by atoms with Gasteiger partial charge in [0.05, 0.1) is 19.1 Å². The van der Waals surface area contributed by atoms with Gasteiger partial charge in [0.25, 0.3) is 0 Å². The predicted octanol–water partition coefficient (Wildman–Crippen LogP) is 0.472. The van der Waals surface area contributed by atoms with Crippen LogP contribution in [0.4, 0.5) is 0 Å². The van der Waals surface area contributed by atoms with Crippen molar-refractivity contribution in [2.24, 2.45) is 5.92 Å².